The van der Waals surface area contributed by atoms with Crippen molar-refractivity contribution >= 4 is 33.2 Å². The van der Waals surface area contributed by atoms with Gasteiger partial charge in [-0.15, -0.1) is 16.3 Å². The van der Waals surface area contributed by atoms with E-state index in [1.807, 2.05) is 12.3 Å². The molecule has 0 fully saturated rings. The fraction of sp³-hybridized carbons (Fsp3) is 0.143. The van der Waals surface area contributed by atoms with Gasteiger partial charge in [0.2, 0.25) is 11.7 Å². The molecule has 11 heavy (non-hydrogen) atoms. The molecule has 0 aliphatic carbocycles. The van der Waals surface area contributed by atoms with Gasteiger partial charge < -0.3 is 0 Å². The number of aryl methyl sites for hydroxylation is 1. The van der Waals surface area contributed by atoms with Crippen LogP contribution in [-0.2, 0) is 0 Å². The Labute approximate surface area is 72.9 Å². The van der Waals surface area contributed by atoms with E-state index in [9.17, 15) is 0 Å². The normalized spacial score (nSPS) is 10.0. The van der Waals surface area contributed by atoms with Crippen LogP contribution in [0.5, 0.6) is 0 Å². The predicted octanol–water partition coefficient (Wildman–Crippen LogP) is 1.66. The Hall–Kier alpha value is -0.850. The lowest BCUT2D eigenvalue weighted by molar-refractivity contribution is -0.294. The second-order valence-electron chi connectivity index (χ2n) is 2.20. The van der Waals surface area contributed by atoms with E-state index >= 15 is 0 Å². The van der Waals surface area contributed by atoms with Crippen LogP contribution in [0.2, 0.25) is 5.28 Å². The molecular weight excluding hydrogens is 180 g/mol. The molecule has 0 radical (unpaired) electrons. The summed E-state index contributed by atoms with van der Waals surface area (Å²) in [6.45, 7) is 2.00. The van der Waals surface area contributed by atoms with Gasteiger partial charge in [-0.2, -0.15) is 0 Å². The van der Waals surface area contributed by atoms with Crippen LogP contribution in [-0.4, -0.2) is 4.98 Å². The Morgan fingerprint density at radius 3 is 3.36 bits per heavy atom. The maximum Gasteiger partial charge on any atom is 0.500 e. The highest BCUT2D eigenvalue weighted by molar-refractivity contribution is 7.17. The lowest BCUT2D eigenvalue weighted by atomic mass is 10.3. The molecule has 2 aromatic heterocycles. The summed E-state index contributed by atoms with van der Waals surface area (Å²) in [5, 5.41) is 2.28. The summed E-state index contributed by atoms with van der Waals surface area (Å²) >= 11 is 7.18. The minimum atomic E-state index is 0.263. The van der Waals surface area contributed by atoms with Gasteiger partial charge >= 0.3 is 5.28 Å². The third-order valence-electron chi connectivity index (χ3n) is 1.40. The summed E-state index contributed by atoms with van der Waals surface area (Å²) in [5.41, 5.74) is 2.04. The van der Waals surface area contributed by atoms with E-state index < -0.39 is 0 Å². The van der Waals surface area contributed by atoms with Gasteiger partial charge in [0.1, 0.15) is 0 Å². The highest BCUT2D eigenvalue weighted by atomic mass is 35.5. The number of halogens is 1. The first-order valence-electron chi connectivity index (χ1n) is 3.06. The van der Waals surface area contributed by atoms with Crippen molar-refractivity contribution < 1.29 is 4.98 Å². The molecule has 0 unspecified atom stereocenters. The molecule has 0 aromatic carbocycles. The summed E-state index contributed by atoms with van der Waals surface area (Å²) in [6.07, 6.45) is 2.81. The Kier molecular flexibility index (Phi) is 1.45. The third-order valence-corrected chi connectivity index (χ3v) is 2.56. The van der Waals surface area contributed by atoms with Crippen molar-refractivity contribution in [2.24, 2.45) is 0 Å². The van der Waals surface area contributed by atoms with Crippen LogP contribution in [0.4, 0.5) is 0 Å². The maximum atomic E-state index is 5.60. The molecule has 0 N–H and O–H groups in total. The first kappa shape index (κ1) is 6.84. The molecular formula is C7H4ClN2S+. The topological polar surface area (TPSA) is 27.0 Å². The highest BCUT2D eigenvalue weighted by Crippen LogP contribution is 2.20. The molecule has 0 saturated carbocycles. The van der Waals surface area contributed by atoms with Crippen molar-refractivity contribution in [3.8, 4) is 0 Å². The smallest absolute Gasteiger partial charge is 0.135 e. The second kappa shape index (κ2) is 2.33. The van der Waals surface area contributed by atoms with Crippen molar-refractivity contribution in [3.05, 3.63) is 22.4 Å². The molecule has 54 valence electrons. The van der Waals surface area contributed by atoms with E-state index in [1.165, 1.54) is 0 Å². The quantitative estimate of drug-likeness (QED) is 0.621. The molecule has 2 aromatic rings. The third kappa shape index (κ3) is 1.05. The van der Waals surface area contributed by atoms with Gasteiger partial charge in [0, 0.05) is 17.2 Å². The molecule has 0 aliphatic heterocycles. The molecule has 0 bridgehead atoms. The monoisotopic (exact) mass is 183 g/mol. The zero-order valence-electron chi connectivity index (χ0n) is 5.76. The fourth-order valence-corrected chi connectivity index (χ4v) is 1.82. The number of rotatable bonds is 0. The Morgan fingerprint density at radius 2 is 2.55 bits per heavy atom. The number of nitrogens with zero attached hydrogens (tertiary/aromatic N) is 2. The molecule has 4 heteroatoms. The van der Waals surface area contributed by atoms with Crippen molar-refractivity contribution in [1.82, 2.24) is 4.98 Å². The number of hydrogen-bond acceptors (Lipinski definition) is 2. The van der Waals surface area contributed by atoms with Crippen molar-refractivity contribution in [2.75, 3.05) is 0 Å². The molecule has 0 amide bonds. The number of fused-ring (bicyclic) bond motifs is 1. The van der Waals surface area contributed by atoms with Crippen LogP contribution < -0.4 is 4.98 Å². The first-order chi connectivity index (χ1) is 5.27. The minimum absolute atomic E-state index is 0.263. The fourth-order valence-electron chi connectivity index (χ4n) is 0.870. The minimum Gasteiger partial charge on any atom is -0.135 e. The van der Waals surface area contributed by atoms with Gasteiger partial charge in [0.15, 0.2) is 4.70 Å². The maximum absolute atomic E-state index is 5.60. The first-order valence-corrected chi connectivity index (χ1v) is 4.32. The lowest BCUT2D eigenvalue weighted by Crippen LogP contribution is -1.94. The zero-order chi connectivity index (χ0) is 7.84. The molecule has 2 nitrogen and oxygen atoms in total. The number of aromatic nitrogens is 2. The Balaban J connectivity index is 2.87. The van der Waals surface area contributed by atoms with E-state index in [4.69, 9.17) is 11.6 Å². The molecule has 2 heterocycles. The van der Waals surface area contributed by atoms with Crippen LogP contribution >= 0.6 is 22.9 Å². The van der Waals surface area contributed by atoms with E-state index in [1.54, 1.807) is 11.3 Å². The van der Waals surface area contributed by atoms with Crippen molar-refractivity contribution in [3.63, 3.8) is 0 Å². The average molecular weight is 184 g/mol. The molecule has 0 atom stereocenters. The summed E-state index contributed by atoms with van der Waals surface area (Å²) in [4.78, 5) is 7.83. The second-order valence-corrected chi connectivity index (χ2v) is 3.42. The van der Waals surface area contributed by atoms with Crippen LogP contribution in [0.3, 0.4) is 0 Å². The van der Waals surface area contributed by atoms with E-state index in [2.05, 4.69) is 16.2 Å². The summed E-state index contributed by atoms with van der Waals surface area (Å²) in [5.74, 6) is 0. The Bertz CT molecular complexity index is 396. The molecule has 0 spiro atoms. The summed E-state index contributed by atoms with van der Waals surface area (Å²) in [6, 6.07) is 0. The molecule has 2 rings (SSSR count). The highest BCUT2D eigenvalue weighted by Gasteiger charge is 2.10. The largest absolute Gasteiger partial charge is 0.500 e. The van der Waals surface area contributed by atoms with Crippen LogP contribution in [0.1, 0.15) is 5.56 Å². The van der Waals surface area contributed by atoms with Gasteiger partial charge in [-0.1, -0.05) is 0 Å². The molecule has 0 saturated heterocycles. The van der Waals surface area contributed by atoms with Crippen LogP contribution in [0, 0.1) is 13.1 Å². The van der Waals surface area contributed by atoms with E-state index in [0.717, 1.165) is 15.8 Å². The van der Waals surface area contributed by atoms with E-state index in [-0.39, 0.29) is 5.28 Å². The average Bonchev–Trinajstić information content (AvgIpc) is 2.33. The van der Waals surface area contributed by atoms with Crippen molar-refractivity contribution in [2.45, 2.75) is 6.92 Å². The van der Waals surface area contributed by atoms with E-state index in [0.29, 0.717) is 0 Å². The van der Waals surface area contributed by atoms with Gasteiger partial charge in [-0.25, -0.2) is 0 Å². The molecule has 0 aliphatic rings. The standard InChI is InChI=1S/C7H4ClN2S/c1-4-3-11-5-2-9-7(8)10-6(4)5/h3H,1H3/q+1. The Morgan fingerprint density at radius 1 is 1.73 bits per heavy atom. The van der Waals surface area contributed by atoms with Gasteiger partial charge in [0.25, 0.3) is 0 Å². The van der Waals surface area contributed by atoms with Gasteiger partial charge in [0.05, 0.1) is 0 Å². The summed E-state index contributed by atoms with van der Waals surface area (Å²) < 4.78 is 0.965. The number of hydrogen-bond donors (Lipinski definition) is 0. The summed E-state index contributed by atoms with van der Waals surface area (Å²) in [7, 11) is 0. The van der Waals surface area contributed by atoms with Gasteiger partial charge in [-0.3, -0.25) is 0 Å². The van der Waals surface area contributed by atoms with Crippen LogP contribution in [0.25, 0.3) is 10.2 Å². The van der Waals surface area contributed by atoms with Crippen LogP contribution in [0.15, 0.2) is 5.38 Å². The van der Waals surface area contributed by atoms with Crippen molar-refractivity contribution in [1.29, 1.82) is 0 Å². The zero-order valence-corrected chi connectivity index (χ0v) is 7.33. The van der Waals surface area contributed by atoms with Gasteiger partial charge in [-0.05, 0) is 17.3 Å². The number of thiophene rings is 1. The SMILES string of the molecule is Cc1csc2c#[n+]c(Cl)nc12. The predicted molar refractivity (Wildman–Crippen MR) is 43.8 cm³/mol. The lowest BCUT2D eigenvalue weighted by Gasteiger charge is -1.74.